The number of para-hydroxylation sites is 7. The van der Waals surface area contributed by atoms with Crippen LogP contribution in [0.15, 0.2) is 401 Å². The lowest BCUT2D eigenvalue weighted by atomic mass is 9.93. The van der Waals surface area contributed by atoms with Crippen molar-refractivity contribution in [1.82, 2.24) is 28.7 Å². The van der Waals surface area contributed by atoms with E-state index in [0.29, 0.717) is 0 Å². The standard InChI is InChI=1S/3C35H22N2S/c1-2-12-24(28-16-9-17-29-34-33(38-35(28)29)21-10-22-36-34)23(11-1)25-13-3-6-18-30(25)37-31-19-7-4-14-26(31)27-15-5-8-20-32(27)37;1-2-13-26(29-16-8-17-30-34-33(38-35(29)30)20-9-21-36-34)25(12-1)23-10-7-11-24(22-23)37-31-18-5-3-14-27(31)28-15-4-6-19-32(28)37;1-2-10-26(29-13-7-14-30-34-33(38-35(29)30)17-8-22-36-34)25(9-1)23-18-20-24(21-19-23)37-31-15-5-3-11-27(31)28-12-4-6-16-32(28)37/h3*1-22H. The average Bonchev–Trinajstić information content (AvgIpc) is 1.58. The van der Waals surface area contributed by atoms with Crippen LogP contribution >= 0.6 is 34.0 Å². The third-order valence-electron chi connectivity index (χ3n) is 22.4. The molecule has 0 unspecified atom stereocenters. The van der Waals surface area contributed by atoms with Gasteiger partial charge in [0.05, 0.1) is 69.4 Å². The summed E-state index contributed by atoms with van der Waals surface area (Å²) in [5.41, 5.74) is 28.9. The van der Waals surface area contributed by atoms with Crippen LogP contribution in [-0.2, 0) is 0 Å². The highest BCUT2D eigenvalue weighted by molar-refractivity contribution is 7.27. The normalized spacial score (nSPS) is 11.7. The van der Waals surface area contributed by atoms with E-state index >= 15 is 0 Å². The molecule has 24 aromatic rings. The summed E-state index contributed by atoms with van der Waals surface area (Å²) < 4.78 is 14.7. The Hall–Kier alpha value is -14.2. The number of thiophene rings is 3. The molecule has 0 saturated heterocycles. The van der Waals surface area contributed by atoms with Crippen molar-refractivity contribution in [3.63, 3.8) is 0 Å². The minimum Gasteiger partial charge on any atom is -0.309 e. The zero-order chi connectivity index (χ0) is 75.2. The Morgan fingerprint density at radius 2 is 0.474 bits per heavy atom. The Balaban J connectivity index is 0.000000104. The highest BCUT2D eigenvalue weighted by Crippen LogP contribution is 2.48. The van der Waals surface area contributed by atoms with Crippen molar-refractivity contribution in [2.75, 3.05) is 0 Å². The highest BCUT2D eigenvalue weighted by Gasteiger charge is 2.23. The summed E-state index contributed by atoms with van der Waals surface area (Å²) >= 11 is 5.47. The van der Waals surface area contributed by atoms with E-state index in [4.69, 9.17) is 4.98 Å². The predicted molar refractivity (Wildman–Crippen MR) is 487 cm³/mol. The van der Waals surface area contributed by atoms with Gasteiger partial charge in [0.15, 0.2) is 0 Å². The lowest BCUT2D eigenvalue weighted by Gasteiger charge is -2.17. The lowest BCUT2D eigenvalue weighted by molar-refractivity contribution is 1.18. The molecular weight excluding hydrogens is 1440 g/mol. The van der Waals surface area contributed by atoms with Crippen molar-refractivity contribution >= 4 is 160 Å². The molecule has 0 spiro atoms. The van der Waals surface area contributed by atoms with Crippen LogP contribution < -0.4 is 0 Å². The summed E-state index contributed by atoms with van der Waals surface area (Å²) in [7, 11) is 0. The Labute approximate surface area is 668 Å². The molecule has 0 fully saturated rings. The van der Waals surface area contributed by atoms with Crippen molar-refractivity contribution in [3.05, 3.63) is 401 Å². The number of hydrogen-bond donors (Lipinski definition) is 0. The second kappa shape index (κ2) is 28.0. The molecule has 534 valence electrons. The van der Waals surface area contributed by atoms with Gasteiger partial charge in [-0.15, -0.1) is 34.0 Å². The second-order valence-corrected chi connectivity index (χ2v) is 31.9. The van der Waals surface area contributed by atoms with Gasteiger partial charge in [-0.2, -0.15) is 0 Å². The summed E-state index contributed by atoms with van der Waals surface area (Å²) in [6.07, 6.45) is 5.65. The molecule has 0 aliphatic heterocycles. The molecule has 9 heteroatoms. The molecule has 9 aromatic heterocycles. The molecule has 15 aromatic carbocycles. The lowest BCUT2D eigenvalue weighted by Crippen LogP contribution is -1.98. The molecule has 0 N–H and O–H groups in total. The van der Waals surface area contributed by atoms with E-state index in [-0.39, 0.29) is 0 Å². The van der Waals surface area contributed by atoms with Crippen LogP contribution in [0.4, 0.5) is 0 Å². The third-order valence-corrected chi connectivity index (χ3v) is 26.0. The number of rotatable bonds is 9. The Bertz CT molecular complexity index is 7740. The first-order valence-corrected chi connectivity index (χ1v) is 40.9. The molecular formula is C105H66N6S3. The van der Waals surface area contributed by atoms with Crippen molar-refractivity contribution in [2.24, 2.45) is 0 Å². The summed E-state index contributed by atoms with van der Waals surface area (Å²) in [5.74, 6) is 0. The molecule has 0 bridgehead atoms. The highest BCUT2D eigenvalue weighted by atomic mass is 32.1. The van der Waals surface area contributed by atoms with Gasteiger partial charge in [0.2, 0.25) is 0 Å². The van der Waals surface area contributed by atoms with Gasteiger partial charge in [0.25, 0.3) is 0 Å². The maximum absolute atomic E-state index is 4.70. The van der Waals surface area contributed by atoms with Gasteiger partial charge in [-0.25, -0.2) is 0 Å². The summed E-state index contributed by atoms with van der Waals surface area (Å²) in [5, 5.41) is 11.3. The minimum absolute atomic E-state index is 1.08. The summed E-state index contributed by atoms with van der Waals surface area (Å²) in [4.78, 5) is 14.0. The number of fused-ring (bicyclic) bond motifs is 18. The minimum atomic E-state index is 1.08. The van der Waals surface area contributed by atoms with Gasteiger partial charge >= 0.3 is 0 Å². The predicted octanol–water partition coefficient (Wildman–Crippen LogP) is 29.6. The average molecular weight is 1510 g/mol. The molecule has 0 saturated carbocycles. The zero-order valence-electron chi connectivity index (χ0n) is 61.5. The van der Waals surface area contributed by atoms with E-state index < -0.39 is 0 Å². The van der Waals surface area contributed by atoms with E-state index in [9.17, 15) is 0 Å². The van der Waals surface area contributed by atoms with E-state index in [0.717, 1.165) is 16.6 Å². The quantitative estimate of drug-likeness (QED) is 0.145. The van der Waals surface area contributed by atoms with Crippen LogP contribution in [0.3, 0.4) is 0 Å². The first-order chi connectivity index (χ1) is 56.6. The van der Waals surface area contributed by atoms with Crippen LogP contribution in [0.1, 0.15) is 0 Å². The molecule has 24 rings (SSSR count). The van der Waals surface area contributed by atoms with Gasteiger partial charge in [-0.05, 0) is 148 Å². The maximum Gasteiger partial charge on any atom is 0.0888 e. The molecule has 0 amide bonds. The Kier molecular flexibility index (Phi) is 16.4. The fourth-order valence-corrected chi connectivity index (χ4v) is 21.0. The van der Waals surface area contributed by atoms with Crippen LogP contribution in [-0.4, -0.2) is 28.7 Å². The zero-order valence-corrected chi connectivity index (χ0v) is 64.0. The van der Waals surface area contributed by atoms with Crippen LogP contribution in [0.2, 0.25) is 0 Å². The van der Waals surface area contributed by atoms with Gasteiger partial charge in [-0.1, -0.05) is 279 Å². The first kappa shape index (κ1) is 66.8. The first-order valence-electron chi connectivity index (χ1n) is 38.4. The summed E-state index contributed by atoms with van der Waals surface area (Å²) in [6.45, 7) is 0. The van der Waals surface area contributed by atoms with Crippen LogP contribution in [0.25, 0.3) is 210 Å². The number of pyridine rings is 3. The molecule has 0 radical (unpaired) electrons. The van der Waals surface area contributed by atoms with Gasteiger partial charge < -0.3 is 13.7 Å². The van der Waals surface area contributed by atoms with E-state index in [1.54, 1.807) is 0 Å². The number of benzene rings is 15. The Morgan fingerprint density at radius 1 is 0.184 bits per heavy atom. The topological polar surface area (TPSA) is 53.5 Å². The van der Waals surface area contributed by atoms with Crippen molar-refractivity contribution in [1.29, 1.82) is 0 Å². The van der Waals surface area contributed by atoms with E-state index in [1.165, 1.54) is 194 Å². The number of aromatic nitrogens is 6. The number of nitrogens with zero attached hydrogens (tertiary/aromatic N) is 6. The van der Waals surface area contributed by atoms with Gasteiger partial charge in [0.1, 0.15) is 0 Å². The largest absolute Gasteiger partial charge is 0.309 e. The number of hydrogen-bond acceptors (Lipinski definition) is 6. The monoisotopic (exact) mass is 1510 g/mol. The Morgan fingerprint density at radius 3 is 0.877 bits per heavy atom. The molecule has 9 heterocycles. The molecule has 0 aliphatic carbocycles. The second-order valence-electron chi connectivity index (χ2n) is 28.8. The van der Waals surface area contributed by atoms with Gasteiger partial charge in [0, 0.05) is 115 Å². The van der Waals surface area contributed by atoms with E-state index in [1.807, 2.05) is 70.8 Å². The van der Waals surface area contributed by atoms with Crippen molar-refractivity contribution in [3.8, 4) is 83.8 Å². The van der Waals surface area contributed by atoms with Crippen LogP contribution in [0, 0.1) is 0 Å². The van der Waals surface area contributed by atoms with Gasteiger partial charge in [-0.3, -0.25) is 15.0 Å². The molecule has 0 aliphatic rings. The van der Waals surface area contributed by atoms with Crippen LogP contribution in [0.5, 0.6) is 0 Å². The fraction of sp³-hybridized carbons (Fsp3) is 0. The third kappa shape index (κ3) is 11.1. The van der Waals surface area contributed by atoms with Crippen molar-refractivity contribution in [2.45, 2.75) is 0 Å². The maximum atomic E-state index is 4.70. The molecule has 6 nitrogen and oxygen atoms in total. The fourth-order valence-electron chi connectivity index (χ4n) is 17.5. The summed E-state index contributed by atoms with van der Waals surface area (Å²) in [6, 6.07) is 137. The molecule has 0 atom stereocenters. The molecule has 114 heavy (non-hydrogen) atoms. The van der Waals surface area contributed by atoms with E-state index in [2.05, 4.69) is 388 Å². The van der Waals surface area contributed by atoms with Crippen molar-refractivity contribution < 1.29 is 0 Å². The smallest absolute Gasteiger partial charge is 0.0888 e. The SMILES string of the molecule is c1cc(-c2ccccc2-c2cccc3c2sc2cccnc23)cc(-n2c3ccccc3c3ccccc32)c1.c1ccc(-c2cccc3c2sc2cccnc23)c(-c2ccc(-n3c4ccccc4c4ccccc43)cc2)c1.c1ccc(-c2cccc3c2sc2cccnc23)c(-c2ccccc2-n2c3ccccc3c3ccccc32)c1.